The van der Waals surface area contributed by atoms with Crippen molar-refractivity contribution in [3.05, 3.63) is 11.6 Å². The van der Waals surface area contributed by atoms with Crippen molar-refractivity contribution >= 4 is 5.91 Å². The Morgan fingerprint density at radius 2 is 2.14 bits per heavy atom. The fraction of sp³-hybridized carbons (Fsp3) is 0.667. The maximum absolute atomic E-state index is 11.8. The molecule has 14 heavy (non-hydrogen) atoms. The van der Waals surface area contributed by atoms with Gasteiger partial charge in [-0.2, -0.15) is 9.78 Å². The molecule has 2 atom stereocenters. The predicted octanol–water partition coefficient (Wildman–Crippen LogP) is 0.425. The average molecular weight is 199 g/mol. The molecular formula is C9H13NO4. The minimum absolute atomic E-state index is 0.0363. The lowest BCUT2D eigenvalue weighted by molar-refractivity contribution is -0.288. The molecule has 2 heterocycles. The Morgan fingerprint density at radius 3 is 2.57 bits per heavy atom. The molecule has 2 aliphatic rings. The molecule has 0 saturated carbocycles. The van der Waals surface area contributed by atoms with Crippen molar-refractivity contribution in [2.75, 3.05) is 13.1 Å². The molecule has 0 aromatic rings. The fourth-order valence-electron chi connectivity index (χ4n) is 1.56. The number of carbonyl (C=O) groups is 1. The quantitative estimate of drug-likeness (QED) is 0.618. The van der Waals surface area contributed by atoms with Crippen molar-refractivity contribution in [2.24, 2.45) is 0 Å². The van der Waals surface area contributed by atoms with E-state index in [0.717, 1.165) is 0 Å². The number of carbonyl (C=O) groups excluding carboxylic acids is 1. The average Bonchev–Trinajstić information content (AvgIpc) is 2.80. The number of fused-ring (bicyclic) bond motifs is 2. The summed E-state index contributed by atoms with van der Waals surface area (Å²) in [5, 5.41) is 0. The normalized spacial score (nSPS) is 29.1. The van der Waals surface area contributed by atoms with Crippen LogP contribution in [0.2, 0.25) is 0 Å². The van der Waals surface area contributed by atoms with Crippen molar-refractivity contribution in [1.82, 2.24) is 4.90 Å². The van der Waals surface area contributed by atoms with Crippen LogP contribution >= 0.6 is 0 Å². The second-order valence-corrected chi connectivity index (χ2v) is 3.13. The third kappa shape index (κ3) is 1.43. The topological polar surface area (TPSA) is 48.0 Å². The summed E-state index contributed by atoms with van der Waals surface area (Å²) in [4.78, 5) is 23.1. The van der Waals surface area contributed by atoms with Gasteiger partial charge in [0.15, 0.2) is 0 Å². The van der Waals surface area contributed by atoms with Crippen LogP contribution < -0.4 is 0 Å². The Labute approximate surface area is 82.1 Å². The van der Waals surface area contributed by atoms with Crippen molar-refractivity contribution in [3.8, 4) is 0 Å². The lowest BCUT2D eigenvalue weighted by Crippen LogP contribution is -2.35. The fourth-order valence-corrected chi connectivity index (χ4v) is 1.56. The first-order chi connectivity index (χ1) is 6.76. The highest BCUT2D eigenvalue weighted by Crippen LogP contribution is 2.30. The van der Waals surface area contributed by atoms with E-state index in [4.69, 9.17) is 14.5 Å². The van der Waals surface area contributed by atoms with Crippen LogP contribution in [0.1, 0.15) is 13.8 Å². The van der Waals surface area contributed by atoms with Gasteiger partial charge in [-0.05, 0) is 19.9 Å². The second kappa shape index (κ2) is 3.68. The highest BCUT2D eigenvalue weighted by atomic mass is 17.3. The van der Waals surface area contributed by atoms with E-state index < -0.39 is 12.6 Å². The molecule has 2 rings (SSSR count). The largest absolute Gasteiger partial charge is 0.339 e. The smallest absolute Gasteiger partial charge is 0.254 e. The number of ether oxygens (including phenoxy) is 1. The zero-order valence-corrected chi connectivity index (χ0v) is 8.23. The van der Waals surface area contributed by atoms with Gasteiger partial charge in [-0.25, -0.2) is 0 Å². The van der Waals surface area contributed by atoms with E-state index in [2.05, 4.69) is 0 Å². The summed E-state index contributed by atoms with van der Waals surface area (Å²) < 4.78 is 5.16. The van der Waals surface area contributed by atoms with Gasteiger partial charge in [0.2, 0.25) is 12.6 Å². The molecule has 0 aliphatic carbocycles. The SMILES string of the molecule is CCN(CC)C(=O)C1=CC2OOC1O2. The van der Waals surface area contributed by atoms with Gasteiger partial charge in [-0.15, -0.1) is 0 Å². The van der Waals surface area contributed by atoms with Crippen LogP contribution in [0.3, 0.4) is 0 Å². The molecular weight excluding hydrogens is 186 g/mol. The summed E-state index contributed by atoms with van der Waals surface area (Å²) >= 11 is 0. The van der Waals surface area contributed by atoms with Crippen LogP contribution in [0.15, 0.2) is 11.6 Å². The third-order valence-corrected chi connectivity index (χ3v) is 2.36. The van der Waals surface area contributed by atoms with Crippen molar-refractivity contribution in [3.63, 3.8) is 0 Å². The number of nitrogens with zero attached hydrogens (tertiary/aromatic N) is 1. The van der Waals surface area contributed by atoms with E-state index >= 15 is 0 Å². The monoisotopic (exact) mass is 199 g/mol. The molecule has 0 N–H and O–H groups in total. The summed E-state index contributed by atoms with van der Waals surface area (Å²) in [6.45, 7) is 5.25. The van der Waals surface area contributed by atoms with Crippen LogP contribution in [0.4, 0.5) is 0 Å². The summed E-state index contributed by atoms with van der Waals surface area (Å²) in [6, 6.07) is 0. The maximum Gasteiger partial charge on any atom is 0.254 e. The van der Waals surface area contributed by atoms with Gasteiger partial charge >= 0.3 is 0 Å². The zero-order chi connectivity index (χ0) is 10.1. The van der Waals surface area contributed by atoms with Crippen LogP contribution in [-0.4, -0.2) is 36.5 Å². The van der Waals surface area contributed by atoms with Gasteiger partial charge in [-0.1, -0.05) is 0 Å². The third-order valence-electron chi connectivity index (χ3n) is 2.36. The number of hydrogen-bond donors (Lipinski definition) is 0. The van der Waals surface area contributed by atoms with Gasteiger partial charge in [0.1, 0.15) is 0 Å². The van der Waals surface area contributed by atoms with E-state index in [1.807, 2.05) is 13.8 Å². The lowest BCUT2D eigenvalue weighted by atomic mass is 10.2. The summed E-state index contributed by atoms with van der Waals surface area (Å²) in [7, 11) is 0. The maximum atomic E-state index is 11.8. The molecule has 2 bridgehead atoms. The Kier molecular flexibility index (Phi) is 2.54. The van der Waals surface area contributed by atoms with E-state index in [1.165, 1.54) is 0 Å². The first-order valence-electron chi connectivity index (χ1n) is 4.74. The van der Waals surface area contributed by atoms with Crippen molar-refractivity contribution in [1.29, 1.82) is 0 Å². The Morgan fingerprint density at radius 1 is 1.43 bits per heavy atom. The highest BCUT2D eigenvalue weighted by Gasteiger charge is 2.41. The molecule has 0 aromatic carbocycles. The number of rotatable bonds is 3. The molecule has 2 unspecified atom stereocenters. The van der Waals surface area contributed by atoms with E-state index in [9.17, 15) is 4.79 Å². The zero-order valence-electron chi connectivity index (χ0n) is 8.23. The molecule has 78 valence electrons. The standard InChI is InChI=1S/C9H13NO4/c1-3-10(4-2)8(11)6-5-7-12-9(6)14-13-7/h5,7,9H,3-4H2,1-2H3. The minimum Gasteiger partial charge on any atom is -0.339 e. The summed E-state index contributed by atoms with van der Waals surface area (Å²) in [5.41, 5.74) is 0.546. The molecule has 0 aromatic heterocycles. The van der Waals surface area contributed by atoms with E-state index in [-0.39, 0.29) is 5.91 Å². The first-order valence-corrected chi connectivity index (χ1v) is 4.74. The van der Waals surface area contributed by atoms with E-state index in [0.29, 0.717) is 18.7 Å². The first kappa shape index (κ1) is 9.64. The number of hydrogen-bond acceptors (Lipinski definition) is 4. The minimum atomic E-state index is -0.631. The molecule has 1 amide bonds. The van der Waals surface area contributed by atoms with Crippen LogP contribution in [0.5, 0.6) is 0 Å². The molecule has 1 fully saturated rings. The predicted molar refractivity (Wildman–Crippen MR) is 46.8 cm³/mol. The van der Waals surface area contributed by atoms with Crippen molar-refractivity contribution < 1.29 is 19.3 Å². The number of likely N-dealkylation sites (N-methyl/N-ethyl adjacent to an activating group) is 1. The van der Waals surface area contributed by atoms with Crippen molar-refractivity contribution in [2.45, 2.75) is 26.4 Å². The Balaban J connectivity index is 2.09. The Hall–Kier alpha value is -0.910. The van der Waals surface area contributed by atoms with E-state index in [1.54, 1.807) is 11.0 Å². The van der Waals surface area contributed by atoms with Crippen LogP contribution in [0, 0.1) is 0 Å². The van der Waals surface area contributed by atoms with Gasteiger partial charge in [0.25, 0.3) is 5.91 Å². The van der Waals surface area contributed by atoms with Gasteiger partial charge in [0.05, 0.1) is 5.57 Å². The van der Waals surface area contributed by atoms with Crippen LogP contribution in [-0.2, 0) is 19.3 Å². The number of amides is 1. The van der Waals surface area contributed by atoms with Gasteiger partial charge in [-0.3, -0.25) is 4.79 Å². The summed E-state index contributed by atoms with van der Waals surface area (Å²) in [6.07, 6.45) is 0.525. The van der Waals surface area contributed by atoms with Crippen LogP contribution in [0.25, 0.3) is 0 Å². The molecule has 5 heteroatoms. The Bertz CT molecular complexity index is 272. The molecule has 1 saturated heterocycles. The molecule has 2 aliphatic heterocycles. The lowest BCUT2D eigenvalue weighted by Gasteiger charge is -2.20. The van der Waals surface area contributed by atoms with Gasteiger partial charge < -0.3 is 9.64 Å². The molecule has 0 radical (unpaired) electrons. The summed E-state index contributed by atoms with van der Waals surface area (Å²) in [5.74, 6) is -0.0363. The molecule has 5 nitrogen and oxygen atoms in total. The molecule has 0 spiro atoms. The van der Waals surface area contributed by atoms with Gasteiger partial charge in [0, 0.05) is 13.1 Å². The second-order valence-electron chi connectivity index (χ2n) is 3.13. The highest BCUT2D eigenvalue weighted by molar-refractivity contribution is 5.94.